The molecule has 0 heterocycles. The fourth-order valence-corrected chi connectivity index (χ4v) is 3.78. The molecule has 0 saturated carbocycles. The van der Waals surface area contributed by atoms with E-state index in [4.69, 9.17) is 5.73 Å². The molecule has 0 aliphatic carbocycles. The summed E-state index contributed by atoms with van der Waals surface area (Å²) >= 11 is 0. The van der Waals surface area contributed by atoms with Crippen LogP contribution >= 0.6 is 0 Å². The molecule has 4 heteroatoms. The van der Waals surface area contributed by atoms with Gasteiger partial charge in [-0.2, -0.15) is 0 Å². The zero-order valence-electron chi connectivity index (χ0n) is 16.0. The SMILES string of the molecule is NC(=O)[C@@H](Cc1c2ccccc2cc2ccccc12)NC(=O)Cc1ccccc1. The summed E-state index contributed by atoms with van der Waals surface area (Å²) in [5.41, 5.74) is 7.57. The summed E-state index contributed by atoms with van der Waals surface area (Å²) < 4.78 is 0. The van der Waals surface area contributed by atoms with Crippen LogP contribution in [-0.2, 0) is 22.4 Å². The minimum absolute atomic E-state index is 0.209. The number of rotatable bonds is 6. The number of hydrogen-bond acceptors (Lipinski definition) is 2. The Kier molecular flexibility index (Phi) is 5.25. The zero-order valence-corrected chi connectivity index (χ0v) is 16.0. The topological polar surface area (TPSA) is 72.2 Å². The maximum atomic E-state index is 12.5. The van der Waals surface area contributed by atoms with Crippen molar-refractivity contribution in [3.8, 4) is 0 Å². The fraction of sp³-hybridized carbons (Fsp3) is 0.120. The lowest BCUT2D eigenvalue weighted by atomic mass is 9.92. The van der Waals surface area contributed by atoms with Crippen LogP contribution < -0.4 is 11.1 Å². The van der Waals surface area contributed by atoms with Crippen molar-refractivity contribution < 1.29 is 9.59 Å². The Labute approximate surface area is 169 Å². The molecule has 0 spiro atoms. The van der Waals surface area contributed by atoms with E-state index in [9.17, 15) is 9.59 Å². The van der Waals surface area contributed by atoms with E-state index in [2.05, 4.69) is 23.5 Å². The Morgan fingerprint density at radius 1 is 0.793 bits per heavy atom. The maximum Gasteiger partial charge on any atom is 0.240 e. The van der Waals surface area contributed by atoms with Gasteiger partial charge < -0.3 is 11.1 Å². The number of hydrogen-bond donors (Lipinski definition) is 2. The van der Waals surface area contributed by atoms with Crippen molar-refractivity contribution >= 4 is 33.4 Å². The van der Waals surface area contributed by atoms with Crippen molar-refractivity contribution in [2.45, 2.75) is 18.9 Å². The van der Waals surface area contributed by atoms with E-state index >= 15 is 0 Å². The van der Waals surface area contributed by atoms with Gasteiger partial charge in [0.2, 0.25) is 11.8 Å². The van der Waals surface area contributed by atoms with Gasteiger partial charge in [0.1, 0.15) is 6.04 Å². The third kappa shape index (κ3) is 4.11. The molecule has 4 rings (SSSR count). The average Bonchev–Trinajstić information content (AvgIpc) is 2.73. The molecular formula is C25H22N2O2. The zero-order chi connectivity index (χ0) is 20.2. The van der Waals surface area contributed by atoms with Crippen LogP contribution in [0, 0.1) is 0 Å². The van der Waals surface area contributed by atoms with E-state index in [0.29, 0.717) is 6.42 Å². The highest BCUT2D eigenvalue weighted by molar-refractivity contribution is 6.03. The van der Waals surface area contributed by atoms with E-state index in [1.165, 1.54) is 0 Å². The second-order valence-electron chi connectivity index (χ2n) is 7.19. The highest BCUT2D eigenvalue weighted by atomic mass is 16.2. The van der Waals surface area contributed by atoms with Crippen molar-refractivity contribution in [3.05, 3.63) is 96.1 Å². The number of carbonyl (C=O) groups excluding carboxylic acids is 2. The molecule has 0 saturated heterocycles. The first kappa shape index (κ1) is 18.7. The third-order valence-corrected chi connectivity index (χ3v) is 5.18. The number of benzene rings is 4. The molecule has 29 heavy (non-hydrogen) atoms. The Bertz CT molecular complexity index is 1130. The molecule has 4 aromatic rings. The van der Waals surface area contributed by atoms with Gasteiger partial charge in [-0.15, -0.1) is 0 Å². The molecular weight excluding hydrogens is 360 g/mol. The average molecular weight is 382 g/mol. The van der Waals surface area contributed by atoms with Crippen LogP contribution in [0.2, 0.25) is 0 Å². The van der Waals surface area contributed by atoms with E-state index in [0.717, 1.165) is 32.7 Å². The molecule has 3 N–H and O–H groups in total. The van der Waals surface area contributed by atoms with Crippen LogP contribution in [0.3, 0.4) is 0 Å². The predicted molar refractivity (Wildman–Crippen MR) is 116 cm³/mol. The van der Waals surface area contributed by atoms with Crippen LogP contribution in [0.5, 0.6) is 0 Å². The number of nitrogens with one attached hydrogen (secondary N) is 1. The molecule has 0 unspecified atom stereocenters. The van der Waals surface area contributed by atoms with Gasteiger partial charge in [-0.1, -0.05) is 78.9 Å². The molecule has 1 atom stereocenters. The number of carbonyl (C=O) groups is 2. The summed E-state index contributed by atoms with van der Waals surface area (Å²) in [5, 5.41) is 7.15. The molecule has 2 amide bonds. The van der Waals surface area contributed by atoms with Crippen LogP contribution in [-0.4, -0.2) is 17.9 Å². The smallest absolute Gasteiger partial charge is 0.240 e. The lowest BCUT2D eigenvalue weighted by molar-refractivity contribution is -0.126. The summed E-state index contributed by atoms with van der Waals surface area (Å²) in [6.45, 7) is 0. The first-order chi connectivity index (χ1) is 14.1. The Balaban J connectivity index is 1.67. The normalized spacial score (nSPS) is 12.0. The minimum atomic E-state index is -0.777. The van der Waals surface area contributed by atoms with E-state index < -0.39 is 11.9 Å². The lowest BCUT2D eigenvalue weighted by Gasteiger charge is -2.19. The predicted octanol–water partition coefficient (Wildman–Crippen LogP) is 3.75. The molecule has 0 aliphatic heterocycles. The van der Waals surface area contributed by atoms with Gasteiger partial charge in [0.05, 0.1) is 6.42 Å². The molecule has 0 aliphatic rings. The highest BCUT2D eigenvalue weighted by Gasteiger charge is 2.21. The van der Waals surface area contributed by atoms with Gasteiger partial charge in [-0.05, 0) is 38.7 Å². The van der Waals surface area contributed by atoms with Gasteiger partial charge in [-0.3, -0.25) is 9.59 Å². The molecule has 4 nitrogen and oxygen atoms in total. The standard InChI is InChI=1S/C25H22N2O2/c26-25(29)23(27-24(28)14-17-8-2-1-3-9-17)16-22-20-12-6-4-10-18(20)15-19-11-5-7-13-21(19)22/h1-13,15,23H,14,16H2,(H2,26,29)(H,27,28)/t23-/m1/s1. The van der Waals surface area contributed by atoms with Crippen molar-refractivity contribution in [1.29, 1.82) is 0 Å². The second kappa shape index (κ2) is 8.15. The summed E-state index contributed by atoms with van der Waals surface area (Å²) in [7, 11) is 0. The van der Waals surface area contributed by atoms with Crippen molar-refractivity contribution in [2.24, 2.45) is 5.73 Å². The number of primary amides is 1. The lowest BCUT2D eigenvalue weighted by Crippen LogP contribution is -2.46. The van der Waals surface area contributed by atoms with Crippen LogP contribution in [0.25, 0.3) is 21.5 Å². The molecule has 0 fully saturated rings. The van der Waals surface area contributed by atoms with Crippen molar-refractivity contribution in [3.63, 3.8) is 0 Å². The third-order valence-electron chi connectivity index (χ3n) is 5.18. The monoisotopic (exact) mass is 382 g/mol. The first-order valence-electron chi connectivity index (χ1n) is 9.64. The minimum Gasteiger partial charge on any atom is -0.368 e. The fourth-order valence-electron chi connectivity index (χ4n) is 3.78. The molecule has 4 aromatic carbocycles. The first-order valence-corrected chi connectivity index (χ1v) is 9.64. The van der Waals surface area contributed by atoms with Gasteiger partial charge in [0, 0.05) is 6.42 Å². The van der Waals surface area contributed by atoms with Gasteiger partial charge in [-0.25, -0.2) is 0 Å². The molecule has 0 aromatic heterocycles. The summed E-state index contributed by atoms with van der Waals surface area (Å²) in [5.74, 6) is -0.757. The Hall–Kier alpha value is -3.66. The summed E-state index contributed by atoms with van der Waals surface area (Å²) in [4.78, 5) is 24.7. The van der Waals surface area contributed by atoms with Gasteiger partial charge in [0.25, 0.3) is 0 Å². The second-order valence-corrected chi connectivity index (χ2v) is 7.19. The van der Waals surface area contributed by atoms with E-state index in [1.807, 2.05) is 66.7 Å². The quantitative estimate of drug-likeness (QED) is 0.499. The van der Waals surface area contributed by atoms with Crippen LogP contribution in [0.15, 0.2) is 84.9 Å². The van der Waals surface area contributed by atoms with Gasteiger partial charge in [0.15, 0.2) is 0 Å². The van der Waals surface area contributed by atoms with E-state index in [-0.39, 0.29) is 12.3 Å². The number of nitrogens with two attached hydrogens (primary N) is 1. The van der Waals surface area contributed by atoms with Crippen LogP contribution in [0.1, 0.15) is 11.1 Å². The maximum absolute atomic E-state index is 12.5. The molecule has 144 valence electrons. The molecule has 0 radical (unpaired) electrons. The number of amides is 2. The van der Waals surface area contributed by atoms with E-state index in [1.54, 1.807) is 0 Å². The van der Waals surface area contributed by atoms with Crippen molar-refractivity contribution in [1.82, 2.24) is 5.32 Å². The van der Waals surface area contributed by atoms with Crippen LogP contribution in [0.4, 0.5) is 0 Å². The largest absolute Gasteiger partial charge is 0.368 e. The highest BCUT2D eigenvalue weighted by Crippen LogP contribution is 2.29. The number of fused-ring (bicyclic) bond motifs is 2. The van der Waals surface area contributed by atoms with Crippen molar-refractivity contribution in [2.75, 3.05) is 0 Å². The molecule has 0 bridgehead atoms. The Morgan fingerprint density at radius 3 is 1.93 bits per heavy atom. The summed E-state index contributed by atoms with van der Waals surface area (Å²) in [6, 6.07) is 26.9. The summed E-state index contributed by atoms with van der Waals surface area (Å²) in [6.07, 6.45) is 0.554. The Morgan fingerprint density at radius 2 is 1.34 bits per heavy atom. The van der Waals surface area contributed by atoms with Gasteiger partial charge >= 0.3 is 0 Å².